The fraction of sp³-hybridized carbons (Fsp3) is 0.350. The van der Waals surface area contributed by atoms with Crippen LogP contribution in [0.15, 0.2) is 36.5 Å². The molecule has 0 radical (unpaired) electrons. The maximum atomic E-state index is 14.4. The highest BCUT2D eigenvalue weighted by atomic mass is 19.1. The molecule has 1 aliphatic carbocycles. The van der Waals surface area contributed by atoms with E-state index < -0.39 is 11.6 Å². The van der Waals surface area contributed by atoms with E-state index in [9.17, 15) is 8.78 Å². The maximum absolute atomic E-state index is 14.4. The van der Waals surface area contributed by atoms with Gasteiger partial charge in [0, 0.05) is 12.2 Å². The molecule has 0 aliphatic heterocycles. The minimum atomic E-state index is -0.590. The number of benzene rings is 1. The van der Waals surface area contributed by atoms with Crippen molar-refractivity contribution < 1.29 is 8.78 Å². The monoisotopic (exact) mass is 341 g/mol. The van der Waals surface area contributed by atoms with Gasteiger partial charge >= 0.3 is 0 Å². The van der Waals surface area contributed by atoms with Crippen molar-refractivity contribution in [1.82, 2.24) is 9.38 Å². The Kier molecular flexibility index (Phi) is 4.15. The highest BCUT2D eigenvalue weighted by molar-refractivity contribution is 5.78. The fourth-order valence-corrected chi connectivity index (χ4v) is 3.68. The highest BCUT2D eigenvalue weighted by Gasteiger charge is 2.23. The molecule has 0 amide bonds. The van der Waals surface area contributed by atoms with Gasteiger partial charge in [-0.05, 0) is 43.5 Å². The molecular formula is C20H21F2N3. The van der Waals surface area contributed by atoms with E-state index in [-0.39, 0.29) is 5.56 Å². The van der Waals surface area contributed by atoms with Gasteiger partial charge in [-0.1, -0.05) is 31.4 Å². The van der Waals surface area contributed by atoms with Gasteiger partial charge in [-0.3, -0.25) is 4.40 Å². The molecule has 1 fully saturated rings. The molecule has 0 atom stereocenters. The molecule has 1 aromatic carbocycles. The van der Waals surface area contributed by atoms with Crippen LogP contribution in [0.4, 0.5) is 14.6 Å². The SMILES string of the molecule is Cc1cccn2c(NC3CCCCC3)c(-c3c(F)cccc3F)nc12. The summed E-state index contributed by atoms with van der Waals surface area (Å²) < 4.78 is 30.7. The first kappa shape index (κ1) is 16.1. The Balaban J connectivity index is 1.90. The van der Waals surface area contributed by atoms with E-state index in [1.807, 2.05) is 29.7 Å². The lowest BCUT2D eigenvalue weighted by atomic mass is 9.95. The first-order valence-electron chi connectivity index (χ1n) is 8.84. The van der Waals surface area contributed by atoms with Crippen molar-refractivity contribution in [2.45, 2.75) is 45.1 Å². The minimum absolute atomic E-state index is 0.0658. The van der Waals surface area contributed by atoms with Crippen LogP contribution in [-0.4, -0.2) is 15.4 Å². The van der Waals surface area contributed by atoms with Crippen LogP contribution in [-0.2, 0) is 0 Å². The molecule has 2 aromatic heterocycles. The van der Waals surface area contributed by atoms with Crippen molar-refractivity contribution in [3.8, 4) is 11.3 Å². The van der Waals surface area contributed by atoms with Crippen molar-refractivity contribution in [2.24, 2.45) is 0 Å². The summed E-state index contributed by atoms with van der Waals surface area (Å²) in [7, 11) is 0. The number of rotatable bonds is 3. The number of aryl methyl sites for hydroxylation is 1. The van der Waals surface area contributed by atoms with Gasteiger partial charge in [-0.2, -0.15) is 0 Å². The van der Waals surface area contributed by atoms with Crippen LogP contribution in [0.3, 0.4) is 0 Å². The van der Waals surface area contributed by atoms with Gasteiger partial charge in [0.15, 0.2) is 0 Å². The van der Waals surface area contributed by atoms with E-state index >= 15 is 0 Å². The van der Waals surface area contributed by atoms with E-state index in [1.54, 1.807) is 0 Å². The normalized spacial score (nSPS) is 15.6. The molecule has 1 aliphatic rings. The lowest BCUT2D eigenvalue weighted by Gasteiger charge is -2.24. The standard InChI is InChI=1S/C20H21F2N3/c1-13-7-6-12-25-19(13)24-18(17-15(21)10-5-11-16(17)22)20(25)23-14-8-3-2-4-9-14/h5-7,10-12,14,23H,2-4,8-9H2,1H3. The number of hydrogen-bond donors (Lipinski definition) is 1. The molecular weight excluding hydrogens is 320 g/mol. The Morgan fingerprint density at radius 1 is 1.04 bits per heavy atom. The fourth-order valence-electron chi connectivity index (χ4n) is 3.68. The average Bonchev–Trinajstić information content (AvgIpc) is 2.96. The van der Waals surface area contributed by atoms with Crippen LogP contribution in [0.25, 0.3) is 16.9 Å². The molecule has 130 valence electrons. The van der Waals surface area contributed by atoms with Gasteiger partial charge in [0.1, 0.15) is 28.8 Å². The van der Waals surface area contributed by atoms with Crippen LogP contribution in [0.1, 0.15) is 37.7 Å². The first-order valence-corrected chi connectivity index (χ1v) is 8.84. The van der Waals surface area contributed by atoms with Gasteiger partial charge in [0.2, 0.25) is 0 Å². The van der Waals surface area contributed by atoms with E-state index in [1.165, 1.54) is 37.5 Å². The predicted molar refractivity (Wildman–Crippen MR) is 95.8 cm³/mol. The van der Waals surface area contributed by atoms with Gasteiger partial charge in [0.05, 0.1) is 5.56 Å². The van der Waals surface area contributed by atoms with Gasteiger partial charge in [0.25, 0.3) is 0 Å². The van der Waals surface area contributed by atoms with Crippen molar-refractivity contribution in [1.29, 1.82) is 0 Å². The van der Waals surface area contributed by atoms with Crippen LogP contribution >= 0.6 is 0 Å². The Hall–Kier alpha value is -2.43. The van der Waals surface area contributed by atoms with E-state index in [2.05, 4.69) is 10.3 Å². The first-order chi connectivity index (χ1) is 12.1. The Morgan fingerprint density at radius 2 is 1.76 bits per heavy atom. The zero-order chi connectivity index (χ0) is 17.4. The molecule has 2 heterocycles. The molecule has 5 heteroatoms. The lowest BCUT2D eigenvalue weighted by molar-refractivity contribution is 0.461. The summed E-state index contributed by atoms with van der Waals surface area (Å²) in [6.45, 7) is 1.95. The number of anilines is 1. The largest absolute Gasteiger partial charge is 0.367 e. The van der Waals surface area contributed by atoms with Crippen LogP contribution in [0, 0.1) is 18.6 Å². The Morgan fingerprint density at radius 3 is 2.48 bits per heavy atom. The van der Waals surface area contributed by atoms with Crippen molar-refractivity contribution in [3.63, 3.8) is 0 Å². The molecule has 3 nitrogen and oxygen atoms in total. The van der Waals surface area contributed by atoms with Crippen LogP contribution < -0.4 is 5.32 Å². The summed E-state index contributed by atoms with van der Waals surface area (Å²) in [4.78, 5) is 4.59. The number of imidazole rings is 1. The van der Waals surface area contributed by atoms with Crippen LogP contribution in [0.5, 0.6) is 0 Å². The number of halogens is 2. The average molecular weight is 341 g/mol. The van der Waals surface area contributed by atoms with Gasteiger partial charge in [-0.15, -0.1) is 0 Å². The minimum Gasteiger partial charge on any atom is -0.367 e. The highest BCUT2D eigenvalue weighted by Crippen LogP contribution is 2.35. The third-order valence-electron chi connectivity index (χ3n) is 4.99. The van der Waals surface area contributed by atoms with Crippen molar-refractivity contribution in [3.05, 3.63) is 53.7 Å². The number of nitrogens with one attached hydrogen (secondary N) is 1. The quantitative estimate of drug-likeness (QED) is 0.697. The predicted octanol–water partition coefficient (Wildman–Crippen LogP) is 5.33. The molecule has 4 rings (SSSR count). The summed E-state index contributed by atoms with van der Waals surface area (Å²) in [5.41, 5.74) is 1.97. The summed E-state index contributed by atoms with van der Waals surface area (Å²) >= 11 is 0. The van der Waals surface area contributed by atoms with Crippen LogP contribution in [0.2, 0.25) is 0 Å². The third-order valence-corrected chi connectivity index (χ3v) is 4.99. The molecule has 1 N–H and O–H groups in total. The summed E-state index contributed by atoms with van der Waals surface area (Å²) in [6.07, 6.45) is 7.63. The number of pyridine rings is 1. The lowest BCUT2D eigenvalue weighted by Crippen LogP contribution is -2.23. The number of aromatic nitrogens is 2. The second kappa shape index (κ2) is 6.47. The van der Waals surface area contributed by atoms with E-state index in [0.29, 0.717) is 17.6 Å². The van der Waals surface area contributed by atoms with Crippen molar-refractivity contribution >= 4 is 11.5 Å². The summed E-state index contributed by atoms with van der Waals surface area (Å²) in [6, 6.07) is 8.12. The van der Waals surface area contributed by atoms with Gasteiger partial charge in [-0.25, -0.2) is 13.8 Å². The zero-order valence-electron chi connectivity index (χ0n) is 14.2. The molecule has 0 bridgehead atoms. The van der Waals surface area contributed by atoms with Gasteiger partial charge < -0.3 is 5.32 Å². The summed E-state index contributed by atoms with van der Waals surface area (Å²) in [5, 5.41) is 3.52. The molecule has 25 heavy (non-hydrogen) atoms. The maximum Gasteiger partial charge on any atom is 0.142 e. The third kappa shape index (κ3) is 2.88. The number of hydrogen-bond acceptors (Lipinski definition) is 2. The smallest absolute Gasteiger partial charge is 0.142 e. The van der Waals surface area contributed by atoms with E-state index in [0.717, 1.165) is 24.1 Å². The molecule has 1 saturated carbocycles. The number of nitrogens with zero attached hydrogens (tertiary/aromatic N) is 2. The molecule has 3 aromatic rings. The zero-order valence-corrected chi connectivity index (χ0v) is 14.2. The summed E-state index contributed by atoms with van der Waals surface area (Å²) in [5.74, 6) is -0.505. The second-order valence-electron chi connectivity index (χ2n) is 6.77. The molecule has 0 spiro atoms. The Labute approximate surface area is 145 Å². The number of fused-ring (bicyclic) bond motifs is 1. The topological polar surface area (TPSA) is 29.3 Å². The van der Waals surface area contributed by atoms with E-state index in [4.69, 9.17) is 0 Å². The Bertz CT molecular complexity index is 890. The second-order valence-corrected chi connectivity index (χ2v) is 6.77. The van der Waals surface area contributed by atoms with Crippen molar-refractivity contribution in [2.75, 3.05) is 5.32 Å². The molecule has 0 saturated heterocycles. The molecule has 0 unspecified atom stereocenters.